The second kappa shape index (κ2) is 8.09. The molecule has 2 fully saturated rings. The molecule has 2 aliphatic heterocycles. The first kappa shape index (κ1) is 18.7. The van der Waals surface area contributed by atoms with Gasteiger partial charge in [-0.1, -0.05) is 18.2 Å². The van der Waals surface area contributed by atoms with Crippen molar-refractivity contribution in [2.24, 2.45) is 10.7 Å². The fourth-order valence-electron chi connectivity index (χ4n) is 3.70. The number of guanidine groups is 1. The number of nitrogens with one attached hydrogen (secondary N) is 1. The number of nitrogens with zero attached hydrogens (tertiary/aromatic N) is 2. The number of hydrogen-bond donors (Lipinski definition) is 2. The Balaban J connectivity index is 0.00000182. The summed E-state index contributed by atoms with van der Waals surface area (Å²) in [5.74, 6) is 1.48. The molecule has 1 unspecified atom stereocenters. The Morgan fingerprint density at radius 3 is 2.76 bits per heavy atom. The van der Waals surface area contributed by atoms with Gasteiger partial charge in [-0.15, -0.1) is 24.0 Å². The molecule has 4 rings (SSSR count). The lowest BCUT2D eigenvalue weighted by Crippen LogP contribution is -2.47. The van der Waals surface area contributed by atoms with Crippen molar-refractivity contribution in [3.05, 3.63) is 29.8 Å². The quantitative estimate of drug-likeness (QED) is 0.410. The third-order valence-electron chi connectivity index (χ3n) is 5.33. The van der Waals surface area contributed by atoms with Crippen molar-refractivity contribution in [3.63, 3.8) is 0 Å². The van der Waals surface area contributed by atoms with Gasteiger partial charge in [0.2, 0.25) is 0 Å². The first-order chi connectivity index (χ1) is 11.8. The first-order valence-corrected chi connectivity index (χ1v) is 8.88. The minimum atomic E-state index is 0. The highest BCUT2D eigenvalue weighted by molar-refractivity contribution is 14.0. The number of para-hydroxylation sites is 1. The van der Waals surface area contributed by atoms with E-state index in [4.69, 9.17) is 15.2 Å². The summed E-state index contributed by atoms with van der Waals surface area (Å²) in [6.45, 7) is 5.17. The van der Waals surface area contributed by atoms with Gasteiger partial charge in [-0.25, -0.2) is 0 Å². The van der Waals surface area contributed by atoms with E-state index >= 15 is 0 Å². The molecule has 1 aromatic rings. The summed E-state index contributed by atoms with van der Waals surface area (Å²) >= 11 is 0. The second-order valence-electron chi connectivity index (χ2n) is 6.90. The number of halogens is 1. The van der Waals surface area contributed by atoms with Gasteiger partial charge in [-0.05, 0) is 18.9 Å². The number of hydrogen-bond acceptors (Lipinski definition) is 4. The molecular weight excluding hydrogens is 431 g/mol. The zero-order valence-corrected chi connectivity index (χ0v) is 16.8. The lowest BCUT2D eigenvalue weighted by Gasteiger charge is -2.34. The number of fused-ring (bicyclic) bond motifs is 1. The SMILES string of the molecule is I.NC(=NCC1(N2CCOCC2)CC1)NC1CCOc2ccccc21. The van der Waals surface area contributed by atoms with Gasteiger partial charge in [0.1, 0.15) is 5.75 Å². The molecule has 1 atom stereocenters. The van der Waals surface area contributed by atoms with Crippen LogP contribution in [0.3, 0.4) is 0 Å². The summed E-state index contributed by atoms with van der Waals surface area (Å²) in [5, 5.41) is 3.38. The first-order valence-electron chi connectivity index (χ1n) is 8.88. The van der Waals surface area contributed by atoms with Gasteiger partial charge in [0.15, 0.2) is 5.96 Å². The number of nitrogens with two attached hydrogens (primary N) is 1. The van der Waals surface area contributed by atoms with Crippen LogP contribution >= 0.6 is 24.0 Å². The molecule has 0 spiro atoms. The normalized spacial score (nSPS) is 25.3. The lowest BCUT2D eigenvalue weighted by molar-refractivity contribution is 0.0117. The molecule has 0 aromatic heterocycles. The van der Waals surface area contributed by atoms with E-state index in [1.807, 2.05) is 18.2 Å². The maximum absolute atomic E-state index is 6.18. The highest BCUT2D eigenvalue weighted by atomic mass is 127. The van der Waals surface area contributed by atoms with Crippen molar-refractivity contribution in [2.45, 2.75) is 30.8 Å². The summed E-state index contributed by atoms with van der Waals surface area (Å²) in [6, 6.07) is 8.31. The molecular formula is C18H27IN4O2. The Morgan fingerprint density at radius 1 is 1.24 bits per heavy atom. The van der Waals surface area contributed by atoms with Crippen LogP contribution in [0.4, 0.5) is 0 Å². The van der Waals surface area contributed by atoms with Crippen LogP contribution < -0.4 is 15.8 Å². The second-order valence-corrected chi connectivity index (χ2v) is 6.90. The van der Waals surface area contributed by atoms with E-state index in [0.717, 1.165) is 50.6 Å². The minimum absolute atomic E-state index is 0. The van der Waals surface area contributed by atoms with Gasteiger partial charge in [0.05, 0.1) is 32.4 Å². The Hall–Kier alpha value is -1.06. The molecule has 0 bridgehead atoms. The van der Waals surface area contributed by atoms with Gasteiger partial charge in [0, 0.05) is 30.6 Å². The number of benzene rings is 1. The standard InChI is InChI=1S/C18H26N4O2.HI/c19-17(20-13-18(6-7-18)22-8-11-23-12-9-22)21-15-5-10-24-16-4-2-1-3-14(15)16;/h1-4,15H,5-13H2,(H3,19,20,21);1H. The van der Waals surface area contributed by atoms with E-state index in [1.54, 1.807) is 0 Å². The molecule has 3 aliphatic rings. The Bertz CT molecular complexity index is 615. The number of aliphatic imine (C=N–C) groups is 1. The van der Waals surface area contributed by atoms with Crippen molar-refractivity contribution >= 4 is 29.9 Å². The highest BCUT2D eigenvalue weighted by Gasteiger charge is 2.48. The van der Waals surface area contributed by atoms with E-state index in [2.05, 4.69) is 21.3 Å². The smallest absolute Gasteiger partial charge is 0.189 e. The van der Waals surface area contributed by atoms with Crippen LogP contribution in [0.5, 0.6) is 5.75 Å². The zero-order valence-electron chi connectivity index (χ0n) is 14.4. The molecule has 1 saturated carbocycles. The third kappa shape index (κ3) is 4.20. The molecule has 7 heteroatoms. The van der Waals surface area contributed by atoms with Gasteiger partial charge >= 0.3 is 0 Å². The summed E-state index contributed by atoms with van der Waals surface area (Å²) < 4.78 is 11.2. The van der Waals surface area contributed by atoms with Crippen molar-refractivity contribution < 1.29 is 9.47 Å². The van der Waals surface area contributed by atoms with E-state index in [-0.39, 0.29) is 35.6 Å². The fraction of sp³-hybridized carbons (Fsp3) is 0.611. The molecule has 1 aliphatic carbocycles. The van der Waals surface area contributed by atoms with Crippen molar-refractivity contribution in [2.75, 3.05) is 39.5 Å². The van der Waals surface area contributed by atoms with Crippen LogP contribution in [-0.4, -0.2) is 55.9 Å². The van der Waals surface area contributed by atoms with Crippen LogP contribution in [0.1, 0.15) is 30.9 Å². The van der Waals surface area contributed by atoms with Crippen molar-refractivity contribution in [1.29, 1.82) is 0 Å². The number of ether oxygens (including phenoxy) is 2. The summed E-state index contributed by atoms with van der Waals surface area (Å²) in [6.07, 6.45) is 3.33. The molecule has 138 valence electrons. The van der Waals surface area contributed by atoms with Crippen molar-refractivity contribution in [3.8, 4) is 5.75 Å². The molecule has 0 radical (unpaired) electrons. The minimum Gasteiger partial charge on any atom is -0.493 e. The lowest BCUT2D eigenvalue weighted by atomic mass is 10.0. The van der Waals surface area contributed by atoms with Gasteiger partial charge in [0.25, 0.3) is 0 Å². The Kier molecular flexibility index (Phi) is 6.06. The van der Waals surface area contributed by atoms with Crippen molar-refractivity contribution in [1.82, 2.24) is 10.2 Å². The number of rotatable bonds is 4. The van der Waals surface area contributed by atoms with Gasteiger partial charge < -0.3 is 20.5 Å². The molecule has 1 aromatic carbocycles. The van der Waals surface area contributed by atoms with Crippen LogP contribution in [0.2, 0.25) is 0 Å². The van der Waals surface area contributed by atoms with Crippen LogP contribution in [0.25, 0.3) is 0 Å². The summed E-state index contributed by atoms with van der Waals surface area (Å²) in [5.41, 5.74) is 7.57. The summed E-state index contributed by atoms with van der Waals surface area (Å²) in [7, 11) is 0. The average Bonchev–Trinajstić information content (AvgIpc) is 3.42. The monoisotopic (exact) mass is 458 g/mol. The number of morpholine rings is 1. The molecule has 6 nitrogen and oxygen atoms in total. The van der Waals surface area contributed by atoms with Gasteiger partial charge in [-0.2, -0.15) is 0 Å². The fourth-order valence-corrected chi connectivity index (χ4v) is 3.70. The van der Waals surface area contributed by atoms with E-state index in [1.165, 1.54) is 12.8 Å². The largest absolute Gasteiger partial charge is 0.493 e. The van der Waals surface area contributed by atoms with Crippen LogP contribution in [0.15, 0.2) is 29.3 Å². The van der Waals surface area contributed by atoms with E-state index in [0.29, 0.717) is 12.6 Å². The molecule has 2 heterocycles. The maximum Gasteiger partial charge on any atom is 0.189 e. The third-order valence-corrected chi connectivity index (χ3v) is 5.33. The predicted molar refractivity (Wildman–Crippen MR) is 109 cm³/mol. The van der Waals surface area contributed by atoms with E-state index < -0.39 is 0 Å². The zero-order chi connectivity index (χ0) is 16.4. The molecule has 0 amide bonds. The topological polar surface area (TPSA) is 72.1 Å². The van der Waals surface area contributed by atoms with Gasteiger partial charge in [-0.3, -0.25) is 9.89 Å². The van der Waals surface area contributed by atoms with E-state index in [9.17, 15) is 0 Å². The Labute approximate surface area is 166 Å². The predicted octanol–water partition coefficient (Wildman–Crippen LogP) is 1.90. The van der Waals surface area contributed by atoms with Crippen LogP contribution in [0, 0.1) is 0 Å². The molecule has 25 heavy (non-hydrogen) atoms. The Morgan fingerprint density at radius 2 is 2.00 bits per heavy atom. The molecule has 3 N–H and O–H groups in total. The summed E-state index contributed by atoms with van der Waals surface area (Å²) in [4.78, 5) is 7.19. The molecule has 1 saturated heterocycles. The maximum atomic E-state index is 6.18. The average molecular weight is 458 g/mol. The highest BCUT2D eigenvalue weighted by Crippen LogP contribution is 2.42. The van der Waals surface area contributed by atoms with Crippen LogP contribution in [-0.2, 0) is 4.74 Å².